The van der Waals surface area contributed by atoms with Crippen molar-refractivity contribution in [3.63, 3.8) is 0 Å². The van der Waals surface area contributed by atoms with Gasteiger partial charge in [0.1, 0.15) is 5.60 Å². The summed E-state index contributed by atoms with van der Waals surface area (Å²) in [6.45, 7) is 7.93. The third kappa shape index (κ3) is 3.93. The van der Waals surface area contributed by atoms with Crippen LogP contribution in [0.2, 0.25) is 10.0 Å². The summed E-state index contributed by atoms with van der Waals surface area (Å²) in [5.41, 5.74) is 0.609. The molecule has 1 saturated heterocycles. The van der Waals surface area contributed by atoms with Crippen molar-refractivity contribution in [2.24, 2.45) is 11.8 Å². The normalized spacial score (nSPS) is 26.1. The first kappa shape index (κ1) is 16.9. The van der Waals surface area contributed by atoms with E-state index in [1.165, 1.54) is 0 Å². The quantitative estimate of drug-likeness (QED) is 0.891. The molecular formula is C17H22Cl2N2O2. The minimum Gasteiger partial charge on any atom is -0.444 e. The van der Waals surface area contributed by atoms with E-state index in [1.807, 2.05) is 37.8 Å². The molecule has 1 amide bonds. The summed E-state index contributed by atoms with van der Waals surface area (Å²) in [7, 11) is 0. The van der Waals surface area contributed by atoms with Crippen molar-refractivity contribution in [2.75, 3.05) is 13.1 Å². The summed E-state index contributed by atoms with van der Waals surface area (Å²) in [5, 5.41) is 4.87. The number of ether oxygens (including phenoxy) is 1. The van der Waals surface area contributed by atoms with Gasteiger partial charge >= 0.3 is 6.09 Å². The molecule has 1 N–H and O–H groups in total. The molecule has 1 heterocycles. The maximum atomic E-state index is 12.0. The van der Waals surface area contributed by atoms with Crippen LogP contribution in [0.25, 0.3) is 0 Å². The first-order chi connectivity index (χ1) is 10.7. The summed E-state index contributed by atoms with van der Waals surface area (Å²) in [6.07, 6.45) is -0.204. The van der Waals surface area contributed by atoms with E-state index in [4.69, 9.17) is 27.9 Å². The number of rotatable bonds is 3. The SMILES string of the molecule is CC(C)(C)OC(=O)N1CC2C(C1)C2NCc1ccc(Cl)cc1Cl. The highest BCUT2D eigenvalue weighted by molar-refractivity contribution is 6.35. The number of piperidine rings is 1. The molecule has 1 aromatic rings. The molecule has 2 atom stereocenters. The number of halogens is 2. The van der Waals surface area contributed by atoms with Gasteiger partial charge in [-0.15, -0.1) is 0 Å². The highest BCUT2D eigenvalue weighted by Gasteiger charge is 2.56. The van der Waals surface area contributed by atoms with Gasteiger partial charge < -0.3 is 15.0 Å². The molecule has 0 radical (unpaired) electrons. The fourth-order valence-electron chi connectivity index (χ4n) is 3.20. The Morgan fingerprint density at radius 1 is 1.30 bits per heavy atom. The van der Waals surface area contributed by atoms with Crippen LogP contribution in [0.3, 0.4) is 0 Å². The third-order valence-corrected chi connectivity index (χ3v) is 4.98. The molecule has 0 bridgehead atoms. The number of hydrogen-bond donors (Lipinski definition) is 1. The number of hydrogen-bond acceptors (Lipinski definition) is 3. The number of likely N-dealkylation sites (tertiary alicyclic amines) is 1. The molecule has 2 fully saturated rings. The second-order valence-electron chi connectivity index (χ2n) is 7.36. The van der Waals surface area contributed by atoms with Crippen LogP contribution in [0.5, 0.6) is 0 Å². The second-order valence-corrected chi connectivity index (χ2v) is 8.20. The second kappa shape index (κ2) is 6.15. The van der Waals surface area contributed by atoms with E-state index in [9.17, 15) is 4.79 Å². The number of benzene rings is 1. The standard InChI is InChI=1S/C17H22Cl2N2O2/c1-17(2,3)23-16(22)21-8-12-13(9-21)15(12)20-7-10-4-5-11(18)6-14(10)19/h4-6,12-13,15,20H,7-9H2,1-3H3. The molecule has 23 heavy (non-hydrogen) atoms. The Labute approximate surface area is 147 Å². The lowest BCUT2D eigenvalue weighted by Crippen LogP contribution is -2.39. The fraction of sp³-hybridized carbons (Fsp3) is 0.588. The summed E-state index contributed by atoms with van der Waals surface area (Å²) < 4.78 is 5.42. The number of carbonyl (C=O) groups excluding carboxylic acids is 1. The van der Waals surface area contributed by atoms with Crippen LogP contribution in [0, 0.1) is 11.8 Å². The summed E-state index contributed by atoms with van der Waals surface area (Å²) in [5.74, 6) is 1.04. The minimum absolute atomic E-state index is 0.204. The number of amides is 1. The Hall–Kier alpha value is -0.970. The summed E-state index contributed by atoms with van der Waals surface area (Å²) in [6, 6.07) is 6.02. The molecule has 0 spiro atoms. The molecule has 126 valence electrons. The van der Waals surface area contributed by atoms with Crippen LogP contribution in [0.1, 0.15) is 26.3 Å². The summed E-state index contributed by atoms with van der Waals surface area (Å²) >= 11 is 12.1. The van der Waals surface area contributed by atoms with Gasteiger partial charge in [0.25, 0.3) is 0 Å². The van der Waals surface area contributed by atoms with E-state index < -0.39 is 5.60 Å². The Balaban J connectivity index is 1.46. The van der Waals surface area contributed by atoms with E-state index in [0.29, 0.717) is 27.9 Å². The van der Waals surface area contributed by atoms with Gasteiger partial charge in [-0.1, -0.05) is 29.3 Å². The molecule has 2 aliphatic rings. The van der Waals surface area contributed by atoms with Gasteiger partial charge in [-0.25, -0.2) is 4.79 Å². The van der Waals surface area contributed by atoms with Crippen LogP contribution in [0.4, 0.5) is 4.79 Å². The number of nitrogens with one attached hydrogen (secondary N) is 1. The maximum Gasteiger partial charge on any atom is 0.410 e. The predicted octanol–water partition coefficient (Wildman–Crippen LogP) is 3.95. The molecule has 1 aromatic carbocycles. The number of nitrogens with zero attached hydrogens (tertiary/aromatic N) is 1. The van der Waals surface area contributed by atoms with E-state index in [1.54, 1.807) is 6.07 Å². The fourth-order valence-corrected chi connectivity index (χ4v) is 3.67. The zero-order chi connectivity index (χ0) is 16.8. The Bertz CT molecular complexity index is 603. The van der Waals surface area contributed by atoms with Crippen molar-refractivity contribution >= 4 is 29.3 Å². The molecule has 3 rings (SSSR count). The molecule has 2 unspecified atom stereocenters. The van der Waals surface area contributed by atoms with Gasteiger partial charge in [-0.05, 0) is 50.3 Å². The average Bonchev–Trinajstić information content (AvgIpc) is 2.88. The van der Waals surface area contributed by atoms with Crippen molar-refractivity contribution in [1.29, 1.82) is 0 Å². The van der Waals surface area contributed by atoms with Crippen LogP contribution < -0.4 is 5.32 Å². The Morgan fingerprint density at radius 2 is 1.96 bits per heavy atom. The topological polar surface area (TPSA) is 41.6 Å². The van der Waals surface area contributed by atoms with Gasteiger partial charge in [-0.3, -0.25) is 0 Å². The Morgan fingerprint density at radius 3 is 2.52 bits per heavy atom. The minimum atomic E-state index is -0.438. The molecule has 1 aliphatic heterocycles. The van der Waals surface area contributed by atoms with Crippen LogP contribution >= 0.6 is 23.2 Å². The highest BCUT2D eigenvalue weighted by Crippen LogP contribution is 2.46. The van der Waals surface area contributed by atoms with Gasteiger partial charge in [-0.2, -0.15) is 0 Å². The van der Waals surface area contributed by atoms with Gasteiger partial charge in [0.15, 0.2) is 0 Å². The zero-order valence-corrected chi connectivity index (χ0v) is 15.1. The van der Waals surface area contributed by atoms with E-state index in [2.05, 4.69) is 5.32 Å². The van der Waals surface area contributed by atoms with E-state index in [-0.39, 0.29) is 6.09 Å². The van der Waals surface area contributed by atoms with Crippen molar-refractivity contribution < 1.29 is 9.53 Å². The number of carbonyl (C=O) groups is 1. The largest absolute Gasteiger partial charge is 0.444 e. The van der Waals surface area contributed by atoms with Crippen LogP contribution in [-0.4, -0.2) is 35.7 Å². The lowest BCUT2D eigenvalue weighted by Gasteiger charge is -2.26. The first-order valence-electron chi connectivity index (χ1n) is 7.90. The van der Waals surface area contributed by atoms with Crippen molar-refractivity contribution in [3.05, 3.63) is 33.8 Å². The first-order valence-corrected chi connectivity index (χ1v) is 8.65. The monoisotopic (exact) mass is 356 g/mol. The van der Waals surface area contributed by atoms with Gasteiger partial charge in [0.2, 0.25) is 0 Å². The molecule has 1 saturated carbocycles. The smallest absolute Gasteiger partial charge is 0.410 e. The molecule has 4 nitrogen and oxygen atoms in total. The molecular weight excluding hydrogens is 335 g/mol. The molecule has 1 aliphatic carbocycles. The predicted molar refractivity (Wildman–Crippen MR) is 91.9 cm³/mol. The van der Waals surface area contributed by atoms with Crippen LogP contribution in [0.15, 0.2) is 18.2 Å². The van der Waals surface area contributed by atoms with Crippen molar-refractivity contribution in [2.45, 2.75) is 39.0 Å². The van der Waals surface area contributed by atoms with E-state index in [0.717, 1.165) is 25.2 Å². The zero-order valence-electron chi connectivity index (χ0n) is 13.6. The number of fused-ring (bicyclic) bond motifs is 1. The maximum absolute atomic E-state index is 12.0. The van der Waals surface area contributed by atoms with Crippen molar-refractivity contribution in [3.8, 4) is 0 Å². The van der Waals surface area contributed by atoms with Gasteiger partial charge in [0.05, 0.1) is 0 Å². The van der Waals surface area contributed by atoms with E-state index >= 15 is 0 Å². The summed E-state index contributed by atoms with van der Waals surface area (Å²) in [4.78, 5) is 13.9. The average molecular weight is 357 g/mol. The van der Waals surface area contributed by atoms with Crippen LogP contribution in [-0.2, 0) is 11.3 Å². The lowest BCUT2D eigenvalue weighted by atomic mass is 10.2. The van der Waals surface area contributed by atoms with Gasteiger partial charge in [0, 0.05) is 35.7 Å². The Kier molecular flexibility index (Phi) is 4.51. The van der Waals surface area contributed by atoms with Crippen molar-refractivity contribution in [1.82, 2.24) is 10.2 Å². The molecule has 6 heteroatoms. The molecule has 0 aromatic heterocycles. The highest BCUT2D eigenvalue weighted by atomic mass is 35.5. The third-order valence-electron chi connectivity index (χ3n) is 4.39. The lowest BCUT2D eigenvalue weighted by molar-refractivity contribution is 0.0269.